The van der Waals surface area contributed by atoms with E-state index in [-0.39, 0.29) is 17.1 Å². The van der Waals surface area contributed by atoms with E-state index in [1.54, 1.807) is 30.3 Å². The summed E-state index contributed by atoms with van der Waals surface area (Å²) in [6, 6.07) is 11.9. The monoisotopic (exact) mass is 362 g/mol. The minimum Gasteiger partial charge on any atom is -0.490 e. The predicted octanol–water partition coefficient (Wildman–Crippen LogP) is 2.98. The number of nitrogens with zero attached hydrogens (tertiary/aromatic N) is 2. The van der Waals surface area contributed by atoms with Crippen LogP contribution in [0.15, 0.2) is 66.1 Å². The molecule has 25 heavy (non-hydrogen) atoms. The predicted molar refractivity (Wildman–Crippen MR) is 93.9 cm³/mol. The van der Waals surface area contributed by atoms with E-state index in [0.29, 0.717) is 12.4 Å². The fourth-order valence-corrected chi connectivity index (χ4v) is 3.31. The lowest BCUT2D eigenvalue weighted by molar-refractivity contribution is -0.384. The number of ether oxygens (including phenoxy) is 1. The Morgan fingerprint density at radius 2 is 1.92 bits per heavy atom. The molecule has 0 aliphatic carbocycles. The Labute approximate surface area is 146 Å². The molecule has 0 spiro atoms. The summed E-state index contributed by atoms with van der Waals surface area (Å²) in [4.78, 5) is 10.1. The Bertz CT molecular complexity index is 863. The molecule has 0 aliphatic rings. The number of hydrogen-bond acceptors (Lipinski definition) is 5. The maximum absolute atomic E-state index is 12.6. The first kappa shape index (κ1) is 18.6. The number of rotatable bonds is 8. The zero-order valence-electron chi connectivity index (χ0n) is 13.7. The van der Waals surface area contributed by atoms with Crippen molar-refractivity contribution in [3.05, 3.63) is 76.9 Å². The molecule has 0 amide bonds. The zero-order valence-corrected chi connectivity index (χ0v) is 14.5. The van der Waals surface area contributed by atoms with Crippen LogP contribution in [0.1, 0.15) is 5.56 Å². The maximum Gasteiger partial charge on any atom is 0.269 e. The highest BCUT2D eigenvalue weighted by Crippen LogP contribution is 2.21. The van der Waals surface area contributed by atoms with Crippen molar-refractivity contribution < 1.29 is 18.1 Å². The summed E-state index contributed by atoms with van der Waals surface area (Å²) in [5.41, 5.74) is 0.600. The smallest absolute Gasteiger partial charge is 0.269 e. The summed E-state index contributed by atoms with van der Waals surface area (Å²) in [5, 5.41) is 10.7. The molecule has 0 heterocycles. The average Bonchev–Trinajstić information content (AvgIpc) is 2.60. The van der Waals surface area contributed by atoms with Gasteiger partial charge in [-0.3, -0.25) is 10.1 Å². The first-order valence-electron chi connectivity index (χ1n) is 7.38. The third-order valence-corrected chi connectivity index (χ3v) is 5.24. The van der Waals surface area contributed by atoms with E-state index in [9.17, 15) is 18.5 Å². The summed E-state index contributed by atoms with van der Waals surface area (Å²) in [5.74, 6) is 0.624. The van der Waals surface area contributed by atoms with Crippen molar-refractivity contribution in [1.82, 2.24) is 4.31 Å². The van der Waals surface area contributed by atoms with Crippen LogP contribution >= 0.6 is 0 Å². The second-order valence-electron chi connectivity index (χ2n) is 5.26. The van der Waals surface area contributed by atoms with Gasteiger partial charge in [-0.1, -0.05) is 24.8 Å². The van der Waals surface area contributed by atoms with Crippen LogP contribution in [-0.4, -0.2) is 31.3 Å². The molecule has 0 N–H and O–H groups in total. The first-order valence-corrected chi connectivity index (χ1v) is 8.82. The van der Waals surface area contributed by atoms with E-state index in [1.807, 2.05) is 0 Å². The number of benzene rings is 2. The van der Waals surface area contributed by atoms with E-state index >= 15 is 0 Å². The quantitative estimate of drug-likeness (QED) is 0.409. The van der Waals surface area contributed by atoms with E-state index in [0.717, 1.165) is 5.56 Å². The largest absolute Gasteiger partial charge is 0.490 e. The second-order valence-corrected chi connectivity index (χ2v) is 7.30. The Hall–Kier alpha value is -2.71. The lowest BCUT2D eigenvalue weighted by atomic mass is 10.2. The number of nitro groups is 1. The van der Waals surface area contributed by atoms with Crippen molar-refractivity contribution in [3.63, 3.8) is 0 Å². The molecule has 7 nitrogen and oxygen atoms in total. The number of sulfonamides is 1. The van der Waals surface area contributed by atoms with Gasteiger partial charge in [0, 0.05) is 25.7 Å². The van der Waals surface area contributed by atoms with Gasteiger partial charge in [0.05, 0.1) is 9.82 Å². The molecule has 0 unspecified atom stereocenters. The molecule has 2 aromatic rings. The lowest BCUT2D eigenvalue weighted by Crippen LogP contribution is -2.26. The van der Waals surface area contributed by atoms with Gasteiger partial charge in [0.2, 0.25) is 10.0 Å². The van der Waals surface area contributed by atoms with Crippen LogP contribution in [0, 0.1) is 10.1 Å². The number of hydrogen-bond donors (Lipinski definition) is 0. The third kappa shape index (κ3) is 4.65. The lowest BCUT2D eigenvalue weighted by Gasteiger charge is -2.17. The first-order chi connectivity index (χ1) is 11.8. The summed E-state index contributed by atoms with van der Waals surface area (Å²) in [6.45, 7) is 4.08. The van der Waals surface area contributed by atoms with Crippen LogP contribution in [0.5, 0.6) is 5.75 Å². The SMILES string of the molecule is C=CCOc1cccc(CN(C)S(=O)(=O)c2ccc([N+](=O)[O-])cc2)c1. The molecule has 0 saturated carbocycles. The minimum absolute atomic E-state index is 0.000313. The fourth-order valence-electron chi connectivity index (χ4n) is 2.15. The fraction of sp³-hybridized carbons (Fsp3) is 0.176. The molecule has 0 fully saturated rings. The molecule has 0 bridgehead atoms. The summed E-state index contributed by atoms with van der Waals surface area (Å²) in [7, 11) is -2.30. The molecule has 132 valence electrons. The van der Waals surface area contributed by atoms with Crippen molar-refractivity contribution in [1.29, 1.82) is 0 Å². The maximum atomic E-state index is 12.6. The van der Waals surface area contributed by atoms with Crippen LogP contribution in [0.4, 0.5) is 5.69 Å². The second kappa shape index (κ2) is 7.91. The van der Waals surface area contributed by atoms with Crippen LogP contribution in [-0.2, 0) is 16.6 Å². The molecule has 0 saturated heterocycles. The Morgan fingerprint density at radius 3 is 2.52 bits per heavy atom. The van der Waals surface area contributed by atoms with E-state index < -0.39 is 14.9 Å². The van der Waals surface area contributed by atoms with Gasteiger partial charge < -0.3 is 4.74 Å². The van der Waals surface area contributed by atoms with E-state index in [1.165, 1.54) is 35.6 Å². The van der Waals surface area contributed by atoms with Crippen LogP contribution < -0.4 is 4.74 Å². The molecule has 2 rings (SSSR count). The van der Waals surface area contributed by atoms with Crippen molar-refractivity contribution in [2.75, 3.05) is 13.7 Å². The molecular formula is C17H18N2O5S. The van der Waals surface area contributed by atoms with Crippen molar-refractivity contribution in [2.45, 2.75) is 11.4 Å². The van der Waals surface area contributed by atoms with Gasteiger partial charge in [0.1, 0.15) is 12.4 Å². The highest BCUT2D eigenvalue weighted by Gasteiger charge is 2.22. The van der Waals surface area contributed by atoms with Crippen LogP contribution in [0.2, 0.25) is 0 Å². The summed E-state index contributed by atoms with van der Waals surface area (Å²) >= 11 is 0. The van der Waals surface area contributed by atoms with Gasteiger partial charge >= 0.3 is 0 Å². The van der Waals surface area contributed by atoms with Gasteiger partial charge in [0.25, 0.3) is 5.69 Å². The van der Waals surface area contributed by atoms with Gasteiger partial charge in [0.15, 0.2) is 0 Å². The van der Waals surface area contributed by atoms with Gasteiger partial charge in [-0.05, 0) is 29.8 Å². The Morgan fingerprint density at radius 1 is 1.24 bits per heavy atom. The molecule has 2 aromatic carbocycles. The van der Waals surface area contributed by atoms with Crippen molar-refractivity contribution in [3.8, 4) is 5.75 Å². The van der Waals surface area contributed by atoms with Crippen LogP contribution in [0.25, 0.3) is 0 Å². The number of non-ortho nitro benzene ring substituents is 1. The Kier molecular flexibility index (Phi) is 5.89. The summed E-state index contributed by atoms with van der Waals surface area (Å²) < 4.78 is 31.8. The third-order valence-electron chi connectivity index (χ3n) is 3.43. The average molecular weight is 362 g/mol. The molecule has 0 radical (unpaired) electrons. The van der Waals surface area contributed by atoms with Gasteiger partial charge in [-0.2, -0.15) is 4.31 Å². The van der Waals surface area contributed by atoms with E-state index in [4.69, 9.17) is 4.74 Å². The van der Waals surface area contributed by atoms with Gasteiger partial charge in [-0.15, -0.1) is 0 Å². The highest BCUT2D eigenvalue weighted by molar-refractivity contribution is 7.89. The normalized spacial score (nSPS) is 11.3. The molecule has 0 aliphatic heterocycles. The zero-order chi connectivity index (χ0) is 18.4. The van der Waals surface area contributed by atoms with E-state index in [2.05, 4.69) is 6.58 Å². The Balaban J connectivity index is 2.17. The van der Waals surface area contributed by atoms with Gasteiger partial charge in [-0.25, -0.2) is 8.42 Å². The van der Waals surface area contributed by atoms with Crippen molar-refractivity contribution in [2.24, 2.45) is 0 Å². The molecule has 0 aromatic heterocycles. The van der Waals surface area contributed by atoms with Crippen molar-refractivity contribution >= 4 is 15.7 Å². The van der Waals surface area contributed by atoms with Crippen LogP contribution in [0.3, 0.4) is 0 Å². The summed E-state index contributed by atoms with van der Waals surface area (Å²) in [6.07, 6.45) is 1.62. The number of nitro benzene ring substituents is 1. The highest BCUT2D eigenvalue weighted by atomic mass is 32.2. The molecule has 8 heteroatoms. The molecule has 0 atom stereocenters. The minimum atomic E-state index is -3.76. The topological polar surface area (TPSA) is 89.8 Å². The standard InChI is InChI=1S/C17H18N2O5S/c1-3-11-24-16-6-4-5-14(12-16)13-18(2)25(22,23)17-9-7-15(8-10-17)19(20)21/h3-10,12H,1,11,13H2,2H3. The molecular weight excluding hydrogens is 344 g/mol.